The Balaban J connectivity index is 1.74. The predicted octanol–water partition coefficient (Wildman–Crippen LogP) is 5.81. The normalized spacial score (nSPS) is 11.5. The highest BCUT2D eigenvalue weighted by Gasteiger charge is 2.30. The van der Waals surface area contributed by atoms with E-state index in [-0.39, 0.29) is 11.4 Å². The van der Waals surface area contributed by atoms with Gasteiger partial charge in [0.1, 0.15) is 0 Å². The average Bonchev–Trinajstić information content (AvgIpc) is 3.28. The van der Waals surface area contributed by atoms with Crippen LogP contribution in [0.1, 0.15) is 22.9 Å². The van der Waals surface area contributed by atoms with Crippen LogP contribution in [0.2, 0.25) is 0 Å². The molecule has 0 aliphatic heterocycles. The Morgan fingerprint density at radius 3 is 2.81 bits per heavy atom. The van der Waals surface area contributed by atoms with Crippen molar-refractivity contribution in [3.05, 3.63) is 58.3 Å². The molecule has 0 fully saturated rings. The lowest BCUT2D eigenvalue weighted by Gasteiger charge is -2.10. The molecule has 3 rings (SSSR count). The number of rotatable bonds is 8. The van der Waals surface area contributed by atoms with E-state index < -0.39 is 17.6 Å². The van der Waals surface area contributed by atoms with Crippen molar-refractivity contribution in [2.45, 2.75) is 38.1 Å². The molecule has 2 aromatic heterocycles. The number of thioether (sulfide) groups is 1. The number of anilines is 1. The van der Waals surface area contributed by atoms with Gasteiger partial charge in [0.15, 0.2) is 11.0 Å². The fourth-order valence-corrected chi connectivity index (χ4v) is 4.78. The smallest absolute Gasteiger partial charge is 0.325 e. The summed E-state index contributed by atoms with van der Waals surface area (Å²) in [4.78, 5) is 13.5. The van der Waals surface area contributed by atoms with Crippen LogP contribution in [-0.4, -0.2) is 26.4 Å². The van der Waals surface area contributed by atoms with Crippen molar-refractivity contribution in [1.29, 1.82) is 0 Å². The van der Waals surface area contributed by atoms with Gasteiger partial charge in [0, 0.05) is 28.1 Å². The van der Waals surface area contributed by atoms with Crippen molar-refractivity contribution >= 4 is 34.7 Å². The molecule has 0 bridgehead atoms. The molecule has 0 saturated heterocycles. The summed E-state index contributed by atoms with van der Waals surface area (Å²) in [6, 6.07) is 4.54. The van der Waals surface area contributed by atoms with Crippen molar-refractivity contribution < 1.29 is 18.0 Å². The zero-order chi connectivity index (χ0) is 22.6. The highest BCUT2D eigenvalue weighted by atomic mass is 32.2. The van der Waals surface area contributed by atoms with Crippen LogP contribution in [0.5, 0.6) is 0 Å². The lowest BCUT2D eigenvalue weighted by molar-refractivity contribution is -0.137. The van der Waals surface area contributed by atoms with E-state index in [9.17, 15) is 18.0 Å². The first kappa shape index (κ1) is 23.1. The third-order valence-corrected chi connectivity index (χ3v) is 6.45. The Bertz CT molecular complexity index is 1090. The van der Waals surface area contributed by atoms with E-state index in [1.54, 1.807) is 17.4 Å². The van der Waals surface area contributed by atoms with E-state index in [0.717, 1.165) is 24.1 Å². The van der Waals surface area contributed by atoms with Gasteiger partial charge in [0.25, 0.3) is 0 Å². The second kappa shape index (κ2) is 9.69. The van der Waals surface area contributed by atoms with Gasteiger partial charge in [0.2, 0.25) is 5.91 Å². The monoisotopic (exact) mass is 466 g/mol. The number of thiophene rings is 1. The summed E-state index contributed by atoms with van der Waals surface area (Å²) < 4.78 is 40.4. The van der Waals surface area contributed by atoms with Gasteiger partial charge in [-0.2, -0.15) is 13.2 Å². The number of nitrogens with one attached hydrogen (secondary N) is 1. The second-order valence-corrected chi connectivity index (χ2v) is 8.68. The van der Waals surface area contributed by atoms with E-state index in [4.69, 9.17) is 0 Å². The minimum Gasteiger partial charge on any atom is -0.325 e. The highest BCUT2D eigenvalue weighted by molar-refractivity contribution is 7.99. The van der Waals surface area contributed by atoms with Crippen LogP contribution in [0, 0.1) is 6.92 Å². The number of aryl methyl sites for hydroxylation is 1. The summed E-state index contributed by atoms with van der Waals surface area (Å²) in [7, 11) is 0. The number of hydrogen-bond donors (Lipinski definition) is 1. The molecule has 0 radical (unpaired) electrons. The SMILES string of the molecule is C=CCn1c(SCC(=O)Nc2cccc(C(F)(F)F)c2)nnc1-c1csc(C)c1CC. The first-order valence-electron chi connectivity index (χ1n) is 9.46. The summed E-state index contributed by atoms with van der Waals surface area (Å²) in [6.45, 7) is 8.40. The summed E-state index contributed by atoms with van der Waals surface area (Å²) in [5.41, 5.74) is 1.50. The average molecular weight is 467 g/mol. The third-order valence-electron chi connectivity index (χ3n) is 4.53. The Labute approximate surface area is 186 Å². The molecule has 0 aliphatic carbocycles. The molecule has 1 aromatic carbocycles. The van der Waals surface area contributed by atoms with Gasteiger partial charge in [-0.3, -0.25) is 9.36 Å². The molecule has 164 valence electrons. The molecule has 1 amide bonds. The zero-order valence-electron chi connectivity index (χ0n) is 17.0. The van der Waals surface area contributed by atoms with Gasteiger partial charge < -0.3 is 5.32 Å². The molecular weight excluding hydrogens is 445 g/mol. The van der Waals surface area contributed by atoms with Gasteiger partial charge in [-0.15, -0.1) is 28.1 Å². The number of halogens is 3. The molecule has 31 heavy (non-hydrogen) atoms. The van der Waals surface area contributed by atoms with Crippen molar-refractivity contribution in [2.75, 3.05) is 11.1 Å². The molecule has 10 heteroatoms. The Kier molecular flexibility index (Phi) is 7.22. The van der Waals surface area contributed by atoms with Crippen LogP contribution in [0.3, 0.4) is 0 Å². The zero-order valence-corrected chi connectivity index (χ0v) is 18.6. The summed E-state index contributed by atoms with van der Waals surface area (Å²) in [5, 5.41) is 13.6. The topological polar surface area (TPSA) is 59.8 Å². The van der Waals surface area contributed by atoms with Gasteiger partial charge >= 0.3 is 6.18 Å². The van der Waals surface area contributed by atoms with Crippen LogP contribution >= 0.6 is 23.1 Å². The lowest BCUT2D eigenvalue weighted by atomic mass is 10.1. The fraction of sp³-hybridized carbons (Fsp3) is 0.286. The standard InChI is InChI=1S/C21H21F3N4OS2/c1-4-9-28-19(17-11-30-13(3)16(17)5-2)26-27-20(28)31-12-18(29)25-15-8-6-7-14(10-15)21(22,23)24/h4,6-8,10-11H,1,5,9,12H2,2-3H3,(H,25,29). The molecule has 0 atom stereocenters. The van der Waals surface area contributed by atoms with Crippen LogP contribution in [0.4, 0.5) is 18.9 Å². The first-order chi connectivity index (χ1) is 14.7. The number of aromatic nitrogens is 3. The number of amides is 1. The van der Waals surface area contributed by atoms with Gasteiger partial charge in [-0.1, -0.05) is 30.8 Å². The maximum Gasteiger partial charge on any atom is 0.416 e. The minimum absolute atomic E-state index is 0.0190. The quantitative estimate of drug-likeness (QED) is 0.336. The lowest BCUT2D eigenvalue weighted by Crippen LogP contribution is -2.15. The molecule has 0 unspecified atom stereocenters. The number of alkyl halides is 3. The predicted molar refractivity (Wildman–Crippen MR) is 118 cm³/mol. The highest BCUT2D eigenvalue weighted by Crippen LogP contribution is 2.33. The van der Waals surface area contributed by atoms with E-state index in [1.807, 2.05) is 9.95 Å². The van der Waals surface area contributed by atoms with Crippen LogP contribution < -0.4 is 5.32 Å². The second-order valence-electron chi connectivity index (χ2n) is 6.66. The van der Waals surface area contributed by atoms with E-state index in [2.05, 4.69) is 35.9 Å². The molecule has 3 aromatic rings. The molecule has 1 N–H and O–H groups in total. The number of nitrogens with zero attached hydrogens (tertiary/aromatic N) is 3. The molecular formula is C21H21F3N4OS2. The van der Waals surface area contributed by atoms with Crippen molar-refractivity contribution in [2.24, 2.45) is 0 Å². The Morgan fingerprint density at radius 1 is 1.35 bits per heavy atom. The van der Waals surface area contributed by atoms with Crippen molar-refractivity contribution in [1.82, 2.24) is 14.8 Å². The number of carbonyl (C=O) groups is 1. The van der Waals surface area contributed by atoms with Crippen LogP contribution in [0.15, 0.2) is 47.5 Å². The van der Waals surface area contributed by atoms with E-state index in [0.29, 0.717) is 17.5 Å². The van der Waals surface area contributed by atoms with E-state index >= 15 is 0 Å². The number of allylic oxidation sites excluding steroid dienone is 1. The number of hydrogen-bond acceptors (Lipinski definition) is 5. The van der Waals surface area contributed by atoms with E-state index in [1.165, 1.54) is 34.3 Å². The minimum atomic E-state index is -4.47. The van der Waals surface area contributed by atoms with Crippen molar-refractivity contribution in [3.63, 3.8) is 0 Å². The Hall–Kier alpha value is -2.59. The van der Waals surface area contributed by atoms with Gasteiger partial charge in [-0.05, 0) is 37.1 Å². The summed E-state index contributed by atoms with van der Waals surface area (Å²) in [6.07, 6.45) is -1.87. The largest absolute Gasteiger partial charge is 0.416 e. The van der Waals surface area contributed by atoms with Crippen LogP contribution in [0.25, 0.3) is 11.4 Å². The van der Waals surface area contributed by atoms with Crippen LogP contribution in [-0.2, 0) is 23.9 Å². The summed E-state index contributed by atoms with van der Waals surface area (Å²) >= 11 is 2.82. The van der Waals surface area contributed by atoms with Gasteiger partial charge in [-0.25, -0.2) is 0 Å². The molecule has 2 heterocycles. The number of benzene rings is 1. The molecule has 0 saturated carbocycles. The molecule has 0 spiro atoms. The summed E-state index contributed by atoms with van der Waals surface area (Å²) in [5.74, 6) is 0.260. The maximum absolute atomic E-state index is 12.8. The fourth-order valence-electron chi connectivity index (χ4n) is 3.10. The Morgan fingerprint density at radius 2 is 2.13 bits per heavy atom. The van der Waals surface area contributed by atoms with Crippen molar-refractivity contribution in [3.8, 4) is 11.4 Å². The molecule has 0 aliphatic rings. The van der Waals surface area contributed by atoms with Gasteiger partial charge in [0.05, 0.1) is 11.3 Å². The third kappa shape index (κ3) is 5.37. The first-order valence-corrected chi connectivity index (χ1v) is 11.3. The maximum atomic E-state index is 12.8. The number of carbonyl (C=O) groups excluding carboxylic acids is 1. The molecule has 5 nitrogen and oxygen atoms in total.